The number of carbonyl (C=O) groups is 1. The molecule has 2 N–H and O–H groups in total. The van der Waals surface area contributed by atoms with Crippen LogP contribution in [0.5, 0.6) is 0 Å². The number of nitrogens with one attached hydrogen (secondary N) is 2. The molecule has 3 aromatic rings. The molecular weight excluding hydrogens is 270 g/mol. The molecule has 8 nitrogen and oxygen atoms in total. The van der Waals surface area contributed by atoms with Crippen LogP contribution in [0.4, 0.5) is 16.3 Å². The molecule has 0 saturated heterocycles. The number of urea groups is 1. The Morgan fingerprint density at radius 3 is 2.67 bits per heavy atom. The fourth-order valence-corrected chi connectivity index (χ4v) is 1.67. The van der Waals surface area contributed by atoms with E-state index in [1.54, 1.807) is 18.2 Å². The first-order valence-electron chi connectivity index (χ1n) is 6.11. The van der Waals surface area contributed by atoms with E-state index in [9.17, 15) is 4.79 Å². The van der Waals surface area contributed by atoms with Gasteiger partial charge in [0, 0.05) is 11.8 Å². The number of para-hydroxylation sites is 1. The first-order chi connectivity index (χ1) is 10.3. The Labute approximate surface area is 119 Å². The minimum atomic E-state index is -0.385. The van der Waals surface area contributed by atoms with E-state index in [2.05, 4.69) is 30.7 Å². The van der Waals surface area contributed by atoms with Gasteiger partial charge in [0.05, 0.1) is 0 Å². The van der Waals surface area contributed by atoms with Crippen molar-refractivity contribution in [2.24, 2.45) is 0 Å². The summed E-state index contributed by atoms with van der Waals surface area (Å²) in [6.07, 6.45) is 4.25. The molecule has 21 heavy (non-hydrogen) atoms. The van der Waals surface area contributed by atoms with Crippen molar-refractivity contribution in [3.8, 4) is 5.82 Å². The van der Waals surface area contributed by atoms with Gasteiger partial charge in [0.2, 0.25) is 0 Å². The van der Waals surface area contributed by atoms with E-state index >= 15 is 0 Å². The fourth-order valence-electron chi connectivity index (χ4n) is 1.67. The molecule has 0 aliphatic heterocycles. The average molecular weight is 281 g/mol. The van der Waals surface area contributed by atoms with Gasteiger partial charge in [-0.1, -0.05) is 18.2 Å². The number of benzene rings is 1. The number of carbonyl (C=O) groups excluding carboxylic acids is 1. The molecule has 0 saturated carbocycles. The lowest BCUT2D eigenvalue weighted by Crippen LogP contribution is -2.20. The molecule has 0 fully saturated rings. The number of hydrogen-bond donors (Lipinski definition) is 2. The van der Waals surface area contributed by atoms with Crippen LogP contribution in [0.2, 0.25) is 0 Å². The van der Waals surface area contributed by atoms with E-state index in [4.69, 9.17) is 0 Å². The molecule has 0 atom stereocenters. The molecule has 0 radical (unpaired) electrons. The zero-order chi connectivity index (χ0) is 14.5. The fraction of sp³-hybridized carbons (Fsp3) is 0. The summed E-state index contributed by atoms with van der Waals surface area (Å²) in [4.78, 5) is 23.7. The van der Waals surface area contributed by atoms with Crippen molar-refractivity contribution in [1.29, 1.82) is 0 Å². The molecular formula is C13H11N7O. The summed E-state index contributed by atoms with van der Waals surface area (Å²) in [5.74, 6) is 0.876. The number of rotatable bonds is 3. The molecule has 0 aliphatic rings. The Morgan fingerprint density at radius 2 is 1.90 bits per heavy atom. The second-order valence-electron chi connectivity index (χ2n) is 4.05. The van der Waals surface area contributed by atoms with Crippen LogP contribution in [0.3, 0.4) is 0 Å². The molecule has 2 aromatic heterocycles. The summed E-state index contributed by atoms with van der Waals surface area (Å²) in [5, 5.41) is 9.29. The normalized spacial score (nSPS) is 10.1. The summed E-state index contributed by atoms with van der Waals surface area (Å²) < 4.78 is 1.47. The van der Waals surface area contributed by atoms with Crippen LogP contribution < -0.4 is 10.6 Å². The van der Waals surface area contributed by atoms with Crippen LogP contribution in [-0.2, 0) is 0 Å². The number of amides is 2. The first kappa shape index (κ1) is 12.7. The summed E-state index contributed by atoms with van der Waals surface area (Å²) >= 11 is 0. The molecule has 0 bridgehead atoms. The number of aromatic nitrogens is 5. The molecule has 0 aliphatic carbocycles. The van der Waals surface area contributed by atoms with Gasteiger partial charge < -0.3 is 5.32 Å². The first-order valence-corrected chi connectivity index (χ1v) is 6.11. The maximum atomic E-state index is 11.9. The Bertz CT molecular complexity index is 727. The lowest BCUT2D eigenvalue weighted by Gasteiger charge is -2.07. The average Bonchev–Trinajstić information content (AvgIpc) is 3.02. The highest BCUT2D eigenvalue weighted by Gasteiger charge is 2.06. The summed E-state index contributed by atoms with van der Waals surface area (Å²) in [6, 6.07) is 10.3. The van der Waals surface area contributed by atoms with Gasteiger partial charge in [-0.05, 0) is 12.1 Å². The molecule has 0 spiro atoms. The number of anilines is 2. The predicted molar refractivity (Wildman–Crippen MR) is 76.0 cm³/mol. The lowest BCUT2D eigenvalue weighted by atomic mass is 10.3. The van der Waals surface area contributed by atoms with Crippen molar-refractivity contribution in [2.45, 2.75) is 0 Å². The van der Waals surface area contributed by atoms with Crippen molar-refractivity contribution in [3.05, 3.63) is 55.4 Å². The maximum absolute atomic E-state index is 11.9. The van der Waals surface area contributed by atoms with Crippen molar-refractivity contribution >= 4 is 17.5 Å². The van der Waals surface area contributed by atoms with E-state index in [1.165, 1.54) is 23.7 Å². The molecule has 1 aromatic carbocycles. The minimum absolute atomic E-state index is 0.365. The summed E-state index contributed by atoms with van der Waals surface area (Å²) in [5.41, 5.74) is 0.695. The van der Waals surface area contributed by atoms with Crippen molar-refractivity contribution in [1.82, 2.24) is 24.7 Å². The Morgan fingerprint density at radius 1 is 1.05 bits per heavy atom. The van der Waals surface area contributed by atoms with Gasteiger partial charge in [0.15, 0.2) is 5.82 Å². The topological polar surface area (TPSA) is 97.6 Å². The van der Waals surface area contributed by atoms with E-state index in [1.807, 2.05) is 18.2 Å². The molecule has 3 rings (SSSR count). The van der Waals surface area contributed by atoms with Gasteiger partial charge in [0.25, 0.3) is 0 Å². The zero-order valence-corrected chi connectivity index (χ0v) is 10.8. The number of nitrogens with zero attached hydrogens (tertiary/aromatic N) is 5. The third kappa shape index (κ3) is 3.18. The van der Waals surface area contributed by atoms with Crippen LogP contribution in [-0.4, -0.2) is 30.8 Å². The van der Waals surface area contributed by atoms with Gasteiger partial charge in [0.1, 0.15) is 24.8 Å². The highest BCUT2D eigenvalue weighted by Crippen LogP contribution is 2.09. The van der Waals surface area contributed by atoms with E-state index < -0.39 is 0 Å². The highest BCUT2D eigenvalue weighted by molar-refractivity contribution is 5.99. The summed E-state index contributed by atoms with van der Waals surface area (Å²) in [7, 11) is 0. The number of hydrogen-bond acceptors (Lipinski definition) is 5. The second kappa shape index (κ2) is 5.78. The van der Waals surface area contributed by atoms with Crippen molar-refractivity contribution in [2.75, 3.05) is 10.6 Å². The lowest BCUT2D eigenvalue weighted by molar-refractivity contribution is 0.262. The molecule has 8 heteroatoms. The Balaban J connectivity index is 1.70. The molecule has 2 heterocycles. The summed E-state index contributed by atoms with van der Waals surface area (Å²) in [6.45, 7) is 0. The standard InChI is InChI=1S/C13H11N7O/c21-13(18-10-4-2-1-3-5-10)19-11-6-12(16-8-15-11)20-9-14-7-17-20/h1-9H,(H2,15,16,18,19,21). The molecule has 0 unspecified atom stereocenters. The second-order valence-corrected chi connectivity index (χ2v) is 4.05. The van der Waals surface area contributed by atoms with E-state index in [-0.39, 0.29) is 6.03 Å². The largest absolute Gasteiger partial charge is 0.324 e. The molecule has 104 valence electrons. The van der Waals surface area contributed by atoms with Crippen LogP contribution in [0, 0.1) is 0 Å². The maximum Gasteiger partial charge on any atom is 0.324 e. The van der Waals surface area contributed by atoms with Crippen molar-refractivity contribution in [3.63, 3.8) is 0 Å². The van der Waals surface area contributed by atoms with E-state index in [0.717, 1.165) is 0 Å². The van der Waals surface area contributed by atoms with Crippen LogP contribution in [0.1, 0.15) is 0 Å². The predicted octanol–water partition coefficient (Wildman–Crippen LogP) is 1.70. The minimum Gasteiger partial charge on any atom is -0.308 e. The monoisotopic (exact) mass is 281 g/mol. The van der Waals surface area contributed by atoms with Crippen LogP contribution >= 0.6 is 0 Å². The smallest absolute Gasteiger partial charge is 0.308 e. The zero-order valence-electron chi connectivity index (χ0n) is 10.8. The third-order valence-electron chi connectivity index (χ3n) is 2.58. The third-order valence-corrected chi connectivity index (χ3v) is 2.58. The van der Waals surface area contributed by atoms with Gasteiger partial charge in [-0.15, -0.1) is 0 Å². The Kier molecular flexibility index (Phi) is 3.50. The van der Waals surface area contributed by atoms with Crippen LogP contribution in [0.25, 0.3) is 5.82 Å². The SMILES string of the molecule is O=C(Nc1ccccc1)Nc1cc(-n2cncn2)ncn1. The van der Waals surface area contributed by atoms with Crippen molar-refractivity contribution < 1.29 is 4.79 Å². The Hall–Kier alpha value is -3.29. The van der Waals surface area contributed by atoms with Gasteiger partial charge in [-0.25, -0.2) is 24.4 Å². The quantitative estimate of drug-likeness (QED) is 0.761. The van der Waals surface area contributed by atoms with Gasteiger partial charge in [-0.2, -0.15) is 5.10 Å². The van der Waals surface area contributed by atoms with Gasteiger partial charge in [-0.3, -0.25) is 5.32 Å². The van der Waals surface area contributed by atoms with E-state index in [0.29, 0.717) is 17.3 Å². The van der Waals surface area contributed by atoms with Gasteiger partial charge >= 0.3 is 6.03 Å². The van der Waals surface area contributed by atoms with Crippen LogP contribution in [0.15, 0.2) is 55.4 Å². The molecule has 2 amide bonds. The highest BCUT2D eigenvalue weighted by atomic mass is 16.2.